The second-order valence-electron chi connectivity index (χ2n) is 4.17. The summed E-state index contributed by atoms with van der Waals surface area (Å²) < 4.78 is 10.8. The standard InChI is InChI=1S/C14H16O3/c1-3-13(15)17-10(2)12-9-16-14(12)11-7-5-4-6-8-11/h3-8,10,12,14H,1,9H2,2H3. The zero-order valence-corrected chi connectivity index (χ0v) is 9.84. The van der Waals surface area contributed by atoms with E-state index in [9.17, 15) is 4.79 Å². The Labute approximate surface area is 101 Å². The molecule has 1 aromatic rings. The van der Waals surface area contributed by atoms with Gasteiger partial charge in [-0.15, -0.1) is 0 Å². The molecule has 0 saturated carbocycles. The summed E-state index contributed by atoms with van der Waals surface area (Å²) in [7, 11) is 0. The van der Waals surface area contributed by atoms with Crippen LogP contribution in [0.3, 0.4) is 0 Å². The fourth-order valence-corrected chi connectivity index (χ4v) is 1.99. The van der Waals surface area contributed by atoms with E-state index in [4.69, 9.17) is 9.47 Å². The van der Waals surface area contributed by atoms with Gasteiger partial charge in [0.05, 0.1) is 12.7 Å². The Morgan fingerprint density at radius 1 is 1.53 bits per heavy atom. The molecule has 1 aliphatic rings. The molecule has 0 radical (unpaired) electrons. The van der Waals surface area contributed by atoms with Crippen molar-refractivity contribution < 1.29 is 14.3 Å². The van der Waals surface area contributed by atoms with Crippen LogP contribution in [-0.4, -0.2) is 18.7 Å². The average Bonchev–Trinajstić information content (AvgIpc) is 2.28. The van der Waals surface area contributed by atoms with Gasteiger partial charge in [0.1, 0.15) is 6.10 Å². The molecule has 3 nitrogen and oxygen atoms in total. The summed E-state index contributed by atoms with van der Waals surface area (Å²) in [6, 6.07) is 9.99. The Balaban J connectivity index is 1.99. The van der Waals surface area contributed by atoms with Gasteiger partial charge in [0, 0.05) is 12.0 Å². The van der Waals surface area contributed by atoms with Gasteiger partial charge in [-0.2, -0.15) is 0 Å². The summed E-state index contributed by atoms with van der Waals surface area (Å²) in [6.45, 7) is 5.91. The largest absolute Gasteiger partial charge is 0.459 e. The van der Waals surface area contributed by atoms with Crippen LogP contribution >= 0.6 is 0 Å². The highest BCUT2D eigenvalue weighted by atomic mass is 16.6. The first kappa shape index (κ1) is 11.9. The molecule has 0 aliphatic carbocycles. The Morgan fingerprint density at radius 3 is 2.76 bits per heavy atom. The SMILES string of the molecule is C=CC(=O)OC(C)C1COC1c1ccccc1. The van der Waals surface area contributed by atoms with Crippen LogP contribution in [0.15, 0.2) is 43.0 Å². The first-order valence-corrected chi connectivity index (χ1v) is 5.72. The Morgan fingerprint density at radius 2 is 2.24 bits per heavy atom. The van der Waals surface area contributed by atoms with Gasteiger partial charge in [-0.3, -0.25) is 0 Å². The van der Waals surface area contributed by atoms with E-state index in [1.807, 2.05) is 37.3 Å². The van der Waals surface area contributed by atoms with Crippen molar-refractivity contribution >= 4 is 5.97 Å². The monoisotopic (exact) mass is 232 g/mol. The van der Waals surface area contributed by atoms with E-state index in [2.05, 4.69) is 6.58 Å². The summed E-state index contributed by atoms with van der Waals surface area (Å²) >= 11 is 0. The number of benzene rings is 1. The topological polar surface area (TPSA) is 35.5 Å². The molecule has 3 heteroatoms. The minimum atomic E-state index is -0.379. The van der Waals surface area contributed by atoms with Gasteiger partial charge in [0.25, 0.3) is 0 Å². The smallest absolute Gasteiger partial charge is 0.330 e. The number of esters is 1. The van der Waals surface area contributed by atoms with Gasteiger partial charge >= 0.3 is 5.97 Å². The van der Waals surface area contributed by atoms with Crippen LogP contribution in [0.1, 0.15) is 18.6 Å². The third-order valence-corrected chi connectivity index (χ3v) is 3.06. The Kier molecular flexibility index (Phi) is 3.59. The highest BCUT2D eigenvalue weighted by Crippen LogP contribution is 2.38. The maximum atomic E-state index is 11.1. The van der Waals surface area contributed by atoms with Crippen LogP contribution in [0.5, 0.6) is 0 Å². The second-order valence-corrected chi connectivity index (χ2v) is 4.17. The van der Waals surface area contributed by atoms with Gasteiger partial charge in [-0.1, -0.05) is 36.9 Å². The van der Waals surface area contributed by atoms with Crippen molar-refractivity contribution in [3.63, 3.8) is 0 Å². The number of ether oxygens (including phenoxy) is 2. The van der Waals surface area contributed by atoms with Crippen LogP contribution in [0.4, 0.5) is 0 Å². The molecule has 1 aromatic carbocycles. The Bertz CT molecular complexity index is 399. The molecule has 2 rings (SSSR count). The van der Waals surface area contributed by atoms with Crippen molar-refractivity contribution in [1.29, 1.82) is 0 Å². The molecular formula is C14H16O3. The normalized spacial score (nSPS) is 24.5. The van der Waals surface area contributed by atoms with Crippen LogP contribution in [0.2, 0.25) is 0 Å². The third kappa shape index (κ3) is 2.56. The summed E-state index contributed by atoms with van der Waals surface area (Å²) in [4.78, 5) is 11.1. The fraction of sp³-hybridized carbons (Fsp3) is 0.357. The minimum absolute atomic E-state index is 0.0313. The number of rotatable bonds is 4. The quantitative estimate of drug-likeness (QED) is 0.591. The van der Waals surface area contributed by atoms with Crippen molar-refractivity contribution in [1.82, 2.24) is 0 Å². The summed E-state index contributed by atoms with van der Waals surface area (Å²) in [5.41, 5.74) is 1.13. The lowest BCUT2D eigenvalue weighted by Crippen LogP contribution is -2.41. The van der Waals surface area contributed by atoms with E-state index in [1.54, 1.807) is 0 Å². The fourth-order valence-electron chi connectivity index (χ4n) is 1.99. The lowest BCUT2D eigenvalue weighted by atomic mass is 9.87. The van der Waals surface area contributed by atoms with Crippen LogP contribution < -0.4 is 0 Å². The summed E-state index contributed by atoms with van der Waals surface area (Å²) in [6.07, 6.45) is 1.07. The first-order chi connectivity index (χ1) is 8.22. The van der Waals surface area contributed by atoms with Crippen molar-refractivity contribution in [2.45, 2.75) is 19.1 Å². The maximum absolute atomic E-state index is 11.1. The highest BCUT2D eigenvalue weighted by Gasteiger charge is 2.38. The maximum Gasteiger partial charge on any atom is 0.330 e. The number of carbonyl (C=O) groups is 1. The molecule has 0 bridgehead atoms. The number of carbonyl (C=O) groups excluding carboxylic acids is 1. The van der Waals surface area contributed by atoms with Gasteiger partial charge in [-0.25, -0.2) is 4.79 Å². The first-order valence-electron chi connectivity index (χ1n) is 5.72. The van der Waals surface area contributed by atoms with E-state index >= 15 is 0 Å². The molecule has 0 amide bonds. The second kappa shape index (κ2) is 5.15. The van der Waals surface area contributed by atoms with E-state index in [1.165, 1.54) is 6.08 Å². The van der Waals surface area contributed by atoms with Crippen molar-refractivity contribution in [2.24, 2.45) is 5.92 Å². The molecule has 1 heterocycles. The predicted molar refractivity (Wildman–Crippen MR) is 64.4 cm³/mol. The summed E-state index contributed by atoms with van der Waals surface area (Å²) in [5.74, 6) is -0.155. The van der Waals surface area contributed by atoms with E-state index in [0.717, 1.165) is 5.56 Å². The van der Waals surface area contributed by atoms with Crippen LogP contribution in [-0.2, 0) is 14.3 Å². The van der Waals surface area contributed by atoms with E-state index < -0.39 is 0 Å². The van der Waals surface area contributed by atoms with E-state index in [0.29, 0.717) is 6.61 Å². The molecule has 3 unspecified atom stereocenters. The zero-order chi connectivity index (χ0) is 12.3. The molecule has 0 aromatic heterocycles. The molecule has 0 N–H and O–H groups in total. The molecule has 17 heavy (non-hydrogen) atoms. The average molecular weight is 232 g/mol. The molecule has 0 spiro atoms. The minimum Gasteiger partial charge on any atom is -0.459 e. The predicted octanol–water partition coefficient (Wildman–Crippen LogP) is 2.49. The van der Waals surface area contributed by atoms with Crippen LogP contribution in [0.25, 0.3) is 0 Å². The molecule has 1 saturated heterocycles. The zero-order valence-electron chi connectivity index (χ0n) is 9.84. The van der Waals surface area contributed by atoms with Crippen molar-refractivity contribution in [3.8, 4) is 0 Å². The lowest BCUT2D eigenvalue weighted by molar-refractivity contribution is -0.178. The van der Waals surface area contributed by atoms with Crippen molar-refractivity contribution in [2.75, 3.05) is 6.61 Å². The van der Waals surface area contributed by atoms with Crippen LogP contribution in [0, 0.1) is 5.92 Å². The number of hydrogen-bond donors (Lipinski definition) is 0. The van der Waals surface area contributed by atoms with Gasteiger partial charge in [0.2, 0.25) is 0 Å². The van der Waals surface area contributed by atoms with Crippen molar-refractivity contribution in [3.05, 3.63) is 48.6 Å². The molecule has 1 aliphatic heterocycles. The van der Waals surface area contributed by atoms with Gasteiger partial charge in [0.15, 0.2) is 0 Å². The lowest BCUT2D eigenvalue weighted by Gasteiger charge is -2.40. The molecule has 3 atom stereocenters. The molecular weight excluding hydrogens is 216 g/mol. The van der Waals surface area contributed by atoms with E-state index in [-0.39, 0.29) is 24.1 Å². The number of hydrogen-bond acceptors (Lipinski definition) is 3. The summed E-state index contributed by atoms with van der Waals surface area (Å²) in [5, 5.41) is 0. The Hall–Kier alpha value is -1.61. The van der Waals surface area contributed by atoms with Gasteiger partial charge in [-0.05, 0) is 12.5 Å². The highest BCUT2D eigenvalue weighted by molar-refractivity contribution is 5.81. The third-order valence-electron chi connectivity index (χ3n) is 3.06. The molecule has 90 valence electrons. The van der Waals surface area contributed by atoms with Gasteiger partial charge < -0.3 is 9.47 Å². The molecule has 1 fully saturated rings.